The molecule has 1 fully saturated rings. The number of benzene rings is 1. The number of hydrogen-bond acceptors (Lipinski definition) is 3. The molecule has 0 bridgehead atoms. The predicted octanol–water partition coefficient (Wildman–Crippen LogP) is 7.50. The highest BCUT2D eigenvalue weighted by molar-refractivity contribution is 8.00. The maximum Gasteiger partial charge on any atom is 0.184 e. The van der Waals surface area contributed by atoms with Crippen molar-refractivity contribution in [2.24, 2.45) is 0 Å². The minimum absolute atomic E-state index is 0.184. The fraction of sp³-hybridized carbons (Fsp3) is 0.652. The highest BCUT2D eigenvalue weighted by Crippen LogP contribution is 2.48. The first-order valence-electron chi connectivity index (χ1n) is 10.8. The van der Waals surface area contributed by atoms with Crippen LogP contribution in [0.15, 0.2) is 47.4 Å². The molecule has 0 amide bonds. The molecule has 1 aromatic rings. The molecule has 0 N–H and O–H groups in total. The van der Waals surface area contributed by atoms with E-state index in [1.165, 1.54) is 37.0 Å². The fourth-order valence-corrected chi connectivity index (χ4v) is 7.13. The van der Waals surface area contributed by atoms with Crippen LogP contribution in [0, 0.1) is 0 Å². The van der Waals surface area contributed by atoms with E-state index in [4.69, 9.17) is 8.85 Å². The van der Waals surface area contributed by atoms with E-state index < -0.39 is 16.6 Å². The molecule has 0 radical (unpaired) electrons. The molecule has 1 aliphatic rings. The highest BCUT2D eigenvalue weighted by atomic mass is 32.2. The number of hydrogen-bond donors (Lipinski definition) is 0. The van der Waals surface area contributed by atoms with Crippen molar-refractivity contribution in [2.75, 3.05) is 6.61 Å². The van der Waals surface area contributed by atoms with Crippen LogP contribution < -0.4 is 0 Å². The summed E-state index contributed by atoms with van der Waals surface area (Å²) in [5.41, 5.74) is 0. The van der Waals surface area contributed by atoms with Crippen molar-refractivity contribution in [1.82, 2.24) is 0 Å². The van der Waals surface area contributed by atoms with Gasteiger partial charge in [-0.05, 0) is 70.7 Å². The van der Waals surface area contributed by atoms with Crippen molar-refractivity contribution in [3.8, 4) is 0 Å². The minimum Gasteiger partial charge on any atom is -0.414 e. The Morgan fingerprint density at radius 1 is 0.929 bits per heavy atom. The Morgan fingerprint density at radius 3 is 2.14 bits per heavy atom. The third kappa shape index (κ3) is 8.58. The molecule has 0 heterocycles. The van der Waals surface area contributed by atoms with E-state index in [1.807, 2.05) is 0 Å². The summed E-state index contributed by atoms with van der Waals surface area (Å²) in [6, 6.07) is 10.9. The van der Waals surface area contributed by atoms with Crippen LogP contribution in [-0.4, -0.2) is 34.1 Å². The van der Waals surface area contributed by atoms with Gasteiger partial charge in [-0.1, -0.05) is 49.6 Å². The molecular weight excluding hydrogens is 396 g/mol. The Hall–Kier alpha value is -0.336. The van der Waals surface area contributed by atoms with Crippen molar-refractivity contribution in [3.05, 3.63) is 42.5 Å². The quantitative estimate of drug-likeness (QED) is 0.279. The molecule has 158 valence electrons. The summed E-state index contributed by atoms with van der Waals surface area (Å²) in [6.45, 7) is 14.4. The van der Waals surface area contributed by atoms with E-state index in [0.717, 1.165) is 13.0 Å². The zero-order valence-corrected chi connectivity index (χ0v) is 21.6. The third-order valence-electron chi connectivity index (χ3n) is 4.98. The van der Waals surface area contributed by atoms with Gasteiger partial charge in [-0.25, -0.2) is 0 Å². The molecule has 1 aromatic carbocycles. The highest BCUT2D eigenvalue weighted by Gasteiger charge is 2.42. The lowest BCUT2D eigenvalue weighted by molar-refractivity contribution is 0.125. The zero-order chi connectivity index (χ0) is 20.7. The van der Waals surface area contributed by atoms with Crippen LogP contribution in [-0.2, 0) is 8.85 Å². The van der Waals surface area contributed by atoms with Gasteiger partial charge in [0.25, 0.3) is 0 Å². The minimum atomic E-state index is -1.64. The van der Waals surface area contributed by atoms with Crippen molar-refractivity contribution in [3.63, 3.8) is 0 Å². The van der Waals surface area contributed by atoms with Gasteiger partial charge >= 0.3 is 0 Å². The smallest absolute Gasteiger partial charge is 0.184 e. The van der Waals surface area contributed by atoms with Crippen LogP contribution in [0.5, 0.6) is 0 Å². The zero-order valence-electron chi connectivity index (χ0n) is 18.8. The molecule has 0 aliphatic heterocycles. The first-order valence-corrected chi connectivity index (χ1v) is 18.4. The lowest BCUT2D eigenvalue weighted by atomic mass is 9.83. The molecule has 2 nitrogen and oxygen atoms in total. The van der Waals surface area contributed by atoms with Crippen LogP contribution in [0.2, 0.25) is 39.3 Å². The van der Waals surface area contributed by atoms with E-state index >= 15 is 0 Å². The van der Waals surface area contributed by atoms with E-state index in [-0.39, 0.29) is 10.9 Å². The average molecular weight is 437 g/mol. The lowest BCUT2D eigenvalue weighted by Gasteiger charge is -2.45. The van der Waals surface area contributed by atoms with Crippen LogP contribution in [0.3, 0.4) is 0 Å². The van der Waals surface area contributed by atoms with Gasteiger partial charge in [0.05, 0.1) is 12.7 Å². The first kappa shape index (κ1) is 23.9. The SMILES string of the molecule is C[Si](C)(C)OC/C=C\CC(O[Si](C)(C)C)C1(Sc2ccccc2)CCCCC1. The monoisotopic (exact) mass is 436 g/mol. The van der Waals surface area contributed by atoms with E-state index in [2.05, 4.69) is 93.5 Å². The second-order valence-electron chi connectivity index (χ2n) is 9.89. The summed E-state index contributed by atoms with van der Waals surface area (Å²) in [4.78, 5) is 1.37. The molecule has 28 heavy (non-hydrogen) atoms. The molecular formula is C23H40O2SSi2. The number of thioether (sulfide) groups is 1. The fourth-order valence-electron chi connectivity index (χ4n) is 3.75. The van der Waals surface area contributed by atoms with Crippen molar-refractivity contribution < 1.29 is 8.85 Å². The number of rotatable bonds is 10. The summed E-state index contributed by atoms with van der Waals surface area (Å²) in [5, 5.41) is 0. The summed E-state index contributed by atoms with van der Waals surface area (Å²) in [6.07, 6.45) is 12.3. The lowest BCUT2D eigenvalue weighted by Crippen LogP contribution is -2.47. The third-order valence-corrected chi connectivity index (χ3v) is 8.59. The van der Waals surface area contributed by atoms with Crippen LogP contribution in [0.25, 0.3) is 0 Å². The summed E-state index contributed by atoms with van der Waals surface area (Å²) < 4.78 is 13.0. The van der Waals surface area contributed by atoms with Gasteiger partial charge in [0.1, 0.15) is 0 Å². The van der Waals surface area contributed by atoms with Gasteiger partial charge in [0.15, 0.2) is 16.6 Å². The van der Waals surface area contributed by atoms with Crippen LogP contribution >= 0.6 is 11.8 Å². The standard InChI is InChI=1S/C23H40O2SSi2/c1-27(2,3)24-20-14-11-17-22(25-28(4,5)6)23(18-12-8-13-19-23)26-21-15-9-7-10-16-21/h7,9-11,14-16,22H,8,12-13,17-20H2,1-6H3/b14-11-. The summed E-state index contributed by atoms with van der Waals surface area (Å²) >= 11 is 2.07. The normalized spacial score (nSPS) is 19.1. The second kappa shape index (κ2) is 10.6. The van der Waals surface area contributed by atoms with Gasteiger partial charge in [-0.2, -0.15) is 0 Å². The largest absolute Gasteiger partial charge is 0.414 e. The Morgan fingerprint density at radius 2 is 1.57 bits per heavy atom. The maximum absolute atomic E-state index is 6.84. The molecule has 5 heteroatoms. The summed E-state index contributed by atoms with van der Waals surface area (Å²) in [5.74, 6) is 0. The molecule has 1 aliphatic carbocycles. The second-order valence-corrected chi connectivity index (χ2v) is 20.4. The molecule has 0 spiro atoms. The van der Waals surface area contributed by atoms with Gasteiger partial charge in [0.2, 0.25) is 0 Å². The Balaban J connectivity index is 2.17. The van der Waals surface area contributed by atoms with E-state index in [1.54, 1.807) is 0 Å². The molecule has 2 rings (SSSR count). The average Bonchev–Trinajstić information content (AvgIpc) is 2.60. The van der Waals surface area contributed by atoms with Gasteiger partial charge in [-0.15, -0.1) is 11.8 Å². The molecule has 0 aromatic heterocycles. The summed E-state index contributed by atoms with van der Waals surface area (Å²) in [7, 11) is -3.09. The predicted molar refractivity (Wildman–Crippen MR) is 129 cm³/mol. The van der Waals surface area contributed by atoms with Gasteiger partial charge < -0.3 is 8.85 Å². The Kier molecular flexibility index (Phi) is 9.08. The molecule has 1 unspecified atom stereocenters. The Labute approximate surface area is 179 Å². The first-order chi connectivity index (χ1) is 13.1. The molecule has 1 atom stereocenters. The molecule has 1 saturated carbocycles. The Bertz CT molecular complexity index is 599. The van der Waals surface area contributed by atoms with Crippen molar-refractivity contribution >= 4 is 28.4 Å². The van der Waals surface area contributed by atoms with Gasteiger partial charge in [0, 0.05) is 9.64 Å². The van der Waals surface area contributed by atoms with Crippen molar-refractivity contribution in [2.45, 2.75) is 93.6 Å². The van der Waals surface area contributed by atoms with E-state index in [0.29, 0.717) is 0 Å². The maximum atomic E-state index is 6.84. The van der Waals surface area contributed by atoms with Gasteiger partial charge in [-0.3, -0.25) is 0 Å². The van der Waals surface area contributed by atoms with Crippen LogP contribution in [0.1, 0.15) is 38.5 Å². The topological polar surface area (TPSA) is 18.5 Å². The molecule has 0 saturated heterocycles. The van der Waals surface area contributed by atoms with Crippen molar-refractivity contribution in [1.29, 1.82) is 0 Å². The van der Waals surface area contributed by atoms with E-state index in [9.17, 15) is 0 Å². The van der Waals surface area contributed by atoms with Crippen LogP contribution in [0.4, 0.5) is 0 Å².